The lowest BCUT2D eigenvalue weighted by molar-refractivity contribution is -0.141. The summed E-state index contributed by atoms with van der Waals surface area (Å²) < 4.78 is 41.0. The fraction of sp³-hybridized carbons (Fsp3) is 0.500. The Morgan fingerprint density at radius 1 is 0.785 bits per heavy atom. The monoisotopic (exact) mass is 1290 g/mol. The molecule has 21 nitrogen and oxygen atoms in total. The lowest BCUT2D eigenvalue weighted by atomic mass is 9.81. The number of piperidine rings is 4. The first-order valence-electron chi connectivity index (χ1n) is 32.8. The molecular formula is C68H79F3N14O7S. The van der Waals surface area contributed by atoms with Gasteiger partial charge in [0.15, 0.2) is 11.5 Å². The summed E-state index contributed by atoms with van der Waals surface area (Å²) in [5, 5.41) is 24.1. The van der Waals surface area contributed by atoms with Gasteiger partial charge in [-0.3, -0.25) is 43.9 Å². The number of halogens is 3. The molecule has 0 bridgehead atoms. The number of fused-ring (bicyclic) bond motifs is 2. The van der Waals surface area contributed by atoms with Crippen molar-refractivity contribution in [2.75, 3.05) is 91.2 Å². The van der Waals surface area contributed by atoms with E-state index in [0.29, 0.717) is 52.9 Å². The second-order valence-corrected chi connectivity index (χ2v) is 27.9. The highest BCUT2D eigenvalue weighted by molar-refractivity contribution is 7.18. The number of pyridine rings is 1. The summed E-state index contributed by atoms with van der Waals surface area (Å²) in [4.78, 5) is 108. The number of aromatic nitrogens is 4. The average Bonchev–Trinajstić information content (AvgIpc) is 1.62. The van der Waals surface area contributed by atoms with Gasteiger partial charge in [-0.05, 0) is 195 Å². The van der Waals surface area contributed by atoms with Crippen LogP contribution in [0.1, 0.15) is 179 Å². The van der Waals surface area contributed by atoms with Crippen molar-refractivity contribution in [2.24, 2.45) is 17.6 Å². The van der Waals surface area contributed by atoms with Crippen LogP contribution in [0.15, 0.2) is 72.9 Å². The van der Waals surface area contributed by atoms with E-state index in [1.165, 1.54) is 29.4 Å². The normalized spacial score (nSPS) is 21.7. The second-order valence-electron chi connectivity index (χ2n) is 26.8. The summed E-state index contributed by atoms with van der Waals surface area (Å²) in [7, 11) is 0. The number of benzene rings is 3. The van der Waals surface area contributed by atoms with Crippen LogP contribution in [-0.4, -0.2) is 153 Å². The minimum absolute atomic E-state index is 0.0355. The first kappa shape index (κ1) is 63.6. The van der Waals surface area contributed by atoms with Gasteiger partial charge in [-0.1, -0.05) is 18.2 Å². The van der Waals surface area contributed by atoms with Crippen LogP contribution < -0.4 is 36.8 Å². The van der Waals surface area contributed by atoms with E-state index in [2.05, 4.69) is 63.0 Å². The number of carbonyl (C=O) groups excluding carboxylic acids is 6. The Morgan fingerprint density at radius 2 is 1.53 bits per heavy atom. The van der Waals surface area contributed by atoms with E-state index in [4.69, 9.17) is 15.7 Å². The second kappa shape index (κ2) is 26.3. The number of imide groups is 2. The number of nitrogens with two attached hydrogens (primary N) is 1. The van der Waals surface area contributed by atoms with Crippen molar-refractivity contribution >= 4 is 91.4 Å². The number of anilines is 6. The van der Waals surface area contributed by atoms with Gasteiger partial charge in [-0.2, -0.15) is 13.2 Å². The minimum atomic E-state index is -4.71. The fourth-order valence-corrected chi connectivity index (χ4v) is 16.0. The predicted molar refractivity (Wildman–Crippen MR) is 348 cm³/mol. The Kier molecular flexibility index (Phi) is 18.0. The lowest BCUT2D eigenvalue weighted by Gasteiger charge is -2.49. The number of thiazole rings is 1. The minimum Gasteiger partial charge on any atom is -0.386 e. The maximum atomic E-state index is 14.5. The van der Waals surface area contributed by atoms with Crippen LogP contribution in [0.2, 0.25) is 0 Å². The molecule has 13 rings (SSSR count). The number of rotatable bonds is 18. The molecule has 7 N–H and O–H groups in total. The third-order valence-corrected chi connectivity index (χ3v) is 21.3. The van der Waals surface area contributed by atoms with Gasteiger partial charge in [0.2, 0.25) is 11.8 Å². The number of aliphatic hydroxyl groups is 1. The molecule has 1 saturated carbocycles. The van der Waals surface area contributed by atoms with Crippen molar-refractivity contribution in [3.8, 4) is 0 Å². The third kappa shape index (κ3) is 13.7. The molecule has 3 aromatic carbocycles. The largest absolute Gasteiger partial charge is 0.433 e. The molecule has 6 aliphatic heterocycles. The van der Waals surface area contributed by atoms with Crippen LogP contribution in [0.5, 0.6) is 0 Å². The summed E-state index contributed by atoms with van der Waals surface area (Å²) in [6.45, 7) is 11.9. The maximum absolute atomic E-state index is 14.5. The van der Waals surface area contributed by atoms with Gasteiger partial charge in [0.25, 0.3) is 23.6 Å². The molecule has 490 valence electrons. The van der Waals surface area contributed by atoms with Gasteiger partial charge < -0.3 is 41.5 Å². The van der Waals surface area contributed by atoms with E-state index >= 15 is 0 Å². The number of likely N-dealkylation sites (tertiary alicyclic amines) is 2. The molecule has 0 radical (unpaired) electrons. The number of carbonyl (C=O) groups is 6. The Bertz CT molecular complexity index is 3840. The standard InChI is InChI=1S/C68H79F3N14O7S/c1-67(2,92)47-33-50-53(34-49(47)77-62(88)48-7-6-8-54(76-48)68(69,70)71)93-64(78-50)43-11-9-40(10-12-43)36-81-29-22-39(23-30-81)21-26-73-58-51(18-17-46-57(58)66(91)85(65(46)90)52-19-20-56(86)80-63(52)89)84-37-45(38-84)82-31-24-42(25-32-82)41-13-15-44(16-14-41)75-61-59(60(72)87)74-35-55(79-61)83-27-4-3-5-28-83/h6-8,13-18,33-35,39-40,42-43,45,52,73,92H,3-5,9-12,19-32,36-38H2,1-2H3,(H2,72,87)(H,75,79)(H,77,88)(H,80,86,89). The van der Waals surface area contributed by atoms with Gasteiger partial charge in [0.05, 0.1) is 49.5 Å². The van der Waals surface area contributed by atoms with Crippen LogP contribution in [-0.2, 0) is 21.4 Å². The van der Waals surface area contributed by atoms with Gasteiger partial charge in [0, 0.05) is 74.6 Å². The van der Waals surface area contributed by atoms with E-state index in [1.807, 2.05) is 18.2 Å². The zero-order valence-electron chi connectivity index (χ0n) is 52.4. The summed E-state index contributed by atoms with van der Waals surface area (Å²) >= 11 is 1.54. The molecule has 9 heterocycles. The number of hydrogen-bond donors (Lipinski definition) is 6. The molecule has 6 amide bonds. The molecule has 1 atom stereocenters. The number of alkyl halides is 3. The Labute approximate surface area is 541 Å². The summed E-state index contributed by atoms with van der Waals surface area (Å²) in [5.74, 6) is -0.884. The molecule has 0 spiro atoms. The first-order valence-corrected chi connectivity index (χ1v) is 33.7. The topological polar surface area (TPSA) is 265 Å². The predicted octanol–water partition coefficient (Wildman–Crippen LogP) is 9.77. The number of nitrogens with one attached hydrogen (secondary N) is 4. The number of nitrogens with zero attached hydrogens (tertiary/aromatic N) is 9. The molecule has 1 unspecified atom stereocenters. The fourth-order valence-electron chi connectivity index (χ4n) is 14.9. The molecule has 6 aromatic rings. The maximum Gasteiger partial charge on any atom is 0.433 e. The van der Waals surface area contributed by atoms with Gasteiger partial charge in [0.1, 0.15) is 23.2 Å². The van der Waals surface area contributed by atoms with Crippen LogP contribution in [0.25, 0.3) is 10.2 Å². The summed E-state index contributed by atoms with van der Waals surface area (Å²) in [6, 6.07) is 17.8. The first-order chi connectivity index (χ1) is 44.7. The summed E-state index contributed by atoms with van der Waals surface area (Å²) in [6.07, 6.45) is 9.36. The molecule has 6 fully saturated rings. The van der Waals surface area contributed by atoms with Crippen molar-refractivity contribution in [2.45, 2.75) is 139 Å². The molecular weight excluding hydrogens is 1210 g/mol. The van der Waals surface area contributed by atoms with Gasteiger partial charge >= 0.3 is 6.18 Å². The van der Waals surface area contributed by atoms with Gasteiger partial charge in [-0.25, -0.2) is 19.9 Å². The van der Waals surface area contributed by atoms with Crippen LogP contribution in [0.3, 0.4) is 0 Å². The highest BCUT2D eigenvalue weighted by atomic mass is 32.1. The molecule has 5 saturated heterocycles. The van der Waals surface area contributed by atoms with Crippen LogP contribution in [0.4, 0.5) is 47.6 Å². The van der Waals surface area contributed by atoms with E-state index in [-0.39, 0.29) is 41.3 Å². The molecule has 7 aliphatic rings. The van der Waals surface area contributed by atoms with Crippen molar-refractivity contribution in [1.82, 2.24) is 40.0 Å². The van der Waals surface area contributed by atoms with Crippen molar-refractivity contribution in [3.05, 3.63) is 117 Å². The van der Waals surface area contributed by atoms with E-state index in [1.54, 1.807) is 38.2 Å². The zero-order valence-corrected chi connectivity index (χ0v) is 53.2. The Hall–Kier alpha value is -8.13. The SMILES string of the molecule is CC(C)(O)c1cc2nc(C3CCC(CN4CCC(CCNc5c(N6CC(N7CCC(c8ccc(Nc9nc(N%10CCCCC%10)cnc9C(N)=O)cc8)CC7)C6)ccc6c5C(=O)N(C5CCC(=O)NC5=O)C6=O)CC4)CC3)sc2cc1NC(=O)c1cccc(C(F)(F)F)n1. The average molecular weight is 1290 g/mol. The number of amides is 6. The molecule has 1 aliphatic carbocycles. The Balaban J connectivity index is 0.603. The molecule has 3 aromatic heterocycles. The van der Waals surface area contributed by atoms with E-state index in [0.717, 1.165) is 173 Å². The molecule has 25 heteroatoms. The van der Waals surface area contributed by atoms with Crippen LogP contribution in [0, 0.1) is 11.8 Å². The highest BCUT2D eigenvalue weighted by Crippen LogP contribution is 2.45. The van der Waals surface area contributed by atoms with Crippen molar-refractivity contribution in [3.63, 3.8) is 0 Å². The quantitative estimate of drug-likeness (QED) is 0.0437. The lowest BCUT2D eigenvalue weighted by Crippen LogP contribution is -2.61. The third-order valence-electron chi connectivity index (χ3n) is 20.2. The highest BCUT2D eigenvalue weighted by Gasteiger charge is 2.47. The smallest absolute Gasteiger partial charge is 0.386 e. The number of primary amides is 1. The van der Waals surface area contributed by atoms with E-state index < -0.39 is 64.7 Å². The van der Waals surface area contributed by atoms with E-state index in [9.17, 15) is 47.0 Å². The van der Waals surface area contributed by atoms with Crippen molar-refractivity contribution < 1.29 is 47.0 Å². The molecule has 93 heavy (non-hydrogen) atoms. The van der Waals surface area contributed by atoms with Crippen molar-refractivity contribution in [1.29, 1.82) is 0 Å². The summed E-state index contributed by atoms with van der Waals surface area (Å²) in [5.41, 5.74) is 8.26. The number of hydrogen-bond acceptors (Lipinski definition) is 18. The zero-order chi connectivity index (χ0) is 64.9. The van der Waals surface area contributed by atoms with Gasteiger partial charge in [-0.15, -0.1) is 11.3 Å². The Morgan fingerprint density at radius 3 is 2.23 bits per heavy atom. The van der Waals surface area contributed by atoms with Crippen LogP contribution >= 0.6 is 11.3 Å².